The molecule has 0 atom stereocenters. The molecule has 28 heavy (non-hydrogen) atoms. The van der Waals surface area contributed by atoms with Gasteiger partial charge in [-0.15, -0.1) is 0 Å². The van der Waals surface area contributed by atoms with Crippen LogP contribution in [0, 0.1) is 5.92 Å². The van der Waals surface area contributed by atoms with Crippen molar-refractivity contribution in [2.75, 3.05) is 0 Å². The van der Waals surface area contributed by atoms with Crippen molar-refractivity contribution in [3.05, 3.63) is 46.2 Å². The average molecular weight is 398 g/mol. The van der Waals surface area contributed by atoms with Crippen LogP contribution in [0.25, 0.3) is 11.1 Å². The molecule has 0 radical (unpaired) electrons. The third kappa shape index (κ3) is 3.92. The number of rotatable bonds is 4. The lowest BCUT2D eigenvalue weighted by molar-refractivity contribution is 0.352. The number of halogens is 1. The zero-order chi connectivity index (χ0) is 20.1. The molecule has 1 aromatic heterocycles. The van der Waals surface area contributed by atoms with Gasteiger partial charge in [0.15, 0.2) is 0 Å². The molecule has 1 nitrogen and oxygen atoms in total. The van der Waals surface area contributed by atoms with Gasteiger partial charge in [0.2, 0.25) is 0 Å². The maximum absolute atomic E-state index is 6.83. The highest BCUT2D eigenvalue weighted by Gasteiger charge is 2.40. The number of aromatic nitrogens is 1. The zero-order valence-corrected chi connectivity index (χ0v) is 19.1. The summed E-state index contributed by atoms with van der Waals surface area (Å²) in [6.45, 7) is 9.37. The van der Waals surface area contributed by atoms with E-state index >= 15 is 0 Å². The van der Waals surface area contributed by atoms with Gasteiger partial charge in [0, 0.05) is 24.5 Å². The van der Waals surface area contributed by atoms with Crippen LogP contribution < -0.4 is 0 Å². The summed E-state index contributed by atoms with van der Waals surface area (Å²) in [5.74, 6) is 0.809. The molecule has 0 aliphatic heterocycles. The molecule has 1 aromatic carbocycles. The van der Waals surface area contributed by atoms with Crippen molar-refractivity contribution in [1.29, 1.82) is 0 Å². The highest BCUT2D eigenvalue weighted by molar-refractivity contribution is 6.33. The fraction of sp³-hybridized carbons (Fsp3) is 0.615. The number of aryl methyl sites for hydroxylation is 1. The lowest BCUT2D eigenvalue weighted by Crippen LogP contribution is -2.14. The van der Waals surface area contributed by atoms with E-state index in [-0.39, 0.29) is 5.41 Å². The maximum atomic E-state index is 6.83. The molecule has 2 saturated carbocycles. The van der Waals surface area contributed by atoms with Gasteiger partial charge < -0.3 is 4.57 Å². The van der Waals surface area contributed by atoms with Gasteiger partial charge in [0.25, 0.3) is 0 Å². The summed E-state index contributed by atoms with van der Waals surface area (Å²) in [6, 6.07) is 7.29. The molecule has 4 rings (SSSR count). The molecule has 2 aliphatic rings. The molecular weight excluding hydrogens is 362 g/mol. The number of hydrogen-bond acceptors (Lipinski definition) is 0. The molecule has 2 aromatic rings. The van der Waals surface area contributed by atoms with E-state index in [1.165, 1.54) is 72.9 Å². The summed E-state index contributed by atoms with van der Waals surface area (Å²) in [4.78, 5) is 0. The maximum Gasteiger partial charge on any atom is 0.0663 e. The highest BCUT2D eigenvalue weighted by atomic mass is 35.5. The van der Waals surface area contributed by atoms with Crippen LogP contribution in [-0.2, 0) is 24.3 Å². The van der Waals surface area contributed by atoms with Crippen LogP contribution in [0.1, 0.15) is 89.5 Å². The van der Waals surface area contributed by atoms with Crippen molar-refractivity contribution in [2.24, 2.45) is 13.0 Å². The Kier molecular flexibility index (Phi) is 5.19. The first-order valence-corrected chi connectivity index (χ1v) is 11.6. The minimum Gasteiger partial charge on any atom is -0.352 e. The van der Waals surface area contributed by atoms with Crippen LogP contribution in [0.15, 0.2) is 24.4 Å². The summed E-state index contributed by atoms with van der Waals surface area (Å²) in [5, 5.41) is 0.909. The SMILES string of the molecule is Cn1cc(Cl)c(-c2cc(C(C)(C)C)cc(C3(C)CC3)c2)c1CC1CCCCC1. The topological polar surface area (TPSA) is 4.93 Å². The van der Waals surface area contributed by atoms with E-state index in [9.17, 15) is 0 Å². The van der Waals surface area contributed by atoms with Crippen LogP contribution in [-0.4, -0.2) is 4.57 Å². The van der Waals surface area contributed by atoms with Gasteiger partial charge in [-0.05, 0) is 52.7 Å². The molecule has 2 fully saturated rings. The highest BCUT2D eigenvalue weighted by Crippen LogP contribution is 2.50. The molecule has 0 unspecified atom stereocenters. The second kappa shape index (κ2) is 7.24. The van der Waals surface area contributed by atoms with Gasteiger partial charge in [0.05, 0.1) is 5.02 Å². The Morgan fingerprint density at radius 2 is 1.75 bits per heavy atom. The average Bonchev–Trinajstić information content (AvgIpc) is 3.33. The third-order valence-corrected chi connectivity index (χ3v) is 7.54. The molecule has 152 valence electrons. The van der Waals surface area contributed by atoms with Crippen molar-refractivity contribution in [2.45, 2.75) is 89.9 Å². The minimum atomic E-state index is 0.140. The van der Waals surface area contributed by atoms with Gasteiger partial charge in [-0.3, -0.25) is 0 Å². The third-order valence-electron chi connectivity index (χ3n) is 7.25. The summed E-state index contributed by atoms with van der Waals surface area (Å²) >= 11 is 6.83. The van der Waals surface area contributed by atoms with E-state index in [2.05, 4.69) is 63.7 Å². The molecule has 0 bridgehead atoms. The Labute approximate surface area is 176 Å². The van der Waals surface area contributed by atoms with Crippen molar-refractivity contribution < 1.29 is 0 Å². The van der Waals surface area contributed by atoms with Crippen molar-refractivity contribution >= 4 is 11.6 Å². The predicted octanol–water partition coefficient (Wildman–Crippen LogP) is 7.82. The van der Waals surface area contributed by atoms with E-state index < -0.39 is 0 Å². The molecule has 0 amide bonds. The van der Waals surface area contributed by atoms with Gasteiger partial charge in [-0.2, -0.15) is 0 Å². The Bertz CT molecular complexity index is 834. The molecule has 0 spiro atoms. The smallest absolute Gasteiger partial charge is 0.0663 e. The van der Waals surface area contributed by atoms with E-state index in [1.807, 2.05) is 0 Å². The van der Waals surface area contributed by atoms with Gasteiger partial charge in [-0.25, -0.2) is 0 Å². The minimum absolute atomic E-state index is 0.140. The predicted molar refractivity (Wildman–Crippen MR) is 121 cm³/mol. The van der Waals surface area contributed by atoms with Crippen molar-refractivity contribution in [3.63, 3.8) is 0 Å². The van der Waals surface area contributed by atoms with Gasteiger partial charge in [0.1, 0.15) is 0 Å². The molecular formula is C26H36ClN. The number of benzene rings is 1. The fourth-order valence-corrected chi connectivity index (χ4v) is 5.24. The van der Waals surface area contributed by atoms with E-state index in [1.54, 1.807) is 0 Å². The normalized spacial score (nSPS) is 19.8. The van der Waals surface area contributed by atoms with Gasteiger partial charge >= 0.3 is 0 Å². The first-order chi connectivity index (χ1) is 13.2. The van der Waals surface area contributed by atoms with Crippen LogP contribution in [0.5, 0.6) is 0 Å². The summed E-state index contributed by atoms with van der Waals surface area (Å²) in [5.41, 5.74) is 7.46. The van der Waals surface area contributed by atoms with Crippen molar-refractivity contribution in [3.8, 4) is 11.1 Å². The zero-order valence-electron chi connectivity index (χ0n) is 18.4. The molecule has 0 N–H and O–H groups in total. The lowest BCUT2D eigenvalue weighted by atomic mass is 9.81. The first kappa shape index (κ1) is 20.1. The molecule has 2 aliphatic carbocycles. The summed E-state index contributed by atoms with van der Waals surface area (Å²) in [7, 11) is 2.17. The van der Waals surface area contributed by atoms with Gasteiger partial charge in [-0.1, -0.05) is 89.6 Å². The molecule has 0 saturated heterocycles. The van der Waals surface area contributed by atoms with Crippen LogP contribution in [0.4, 0.5) is 0 Å². The summed E-state index contributed by atoms with van der Waals surface area (Å²) in [6.07, 6.45) is 12.8. The Balaban J connectivity index is 1.80. The first-order valence-electron chi connectivity index (χ1n) is 11.2. The molecule has 2 heteroatoms. The second-order valence-corrected chi connectivity index (χ2v) is 11.1. The van der Waals surface area contributed by atoms with E-state index in [0.717, 1.165) is 17.4 Å². The van der Waals surface area contributed by atoms with E-state index in [0.29, 0.717) is 5.41 Å². The van der Waals surface area contributed by atoms with Crippen LogP contribution in [0.2, 0.25) is 5.02 Å². The van der Waals surface area contributed by atoms with Crippen LogP contribution in [0.3, 0.4) is 0 Å². The fourth-order valence-electron chi connectivity index (χ4n) is 4.87. The number of nitrogens with zero attached hydrogens (tertiary/aromatic N) is 1. The molecule has 1 heterocycles. The lowest BCUT2D eigenvalue weighted by Gasteiger charge is -2.25. The van der Waals surface area contributed by atoms with E-state index in [4.69, 9.17) is 11.6 Å². The number of hydrogen-bond donors (Lipinski definition) is 0. The monoisotopic (exact) mass is 397 g/mol. The Hall–Kier alpha value is -1.21. The van der Waals surface area contributed by atoms with Crippen molar-refractivity contribution in [1.82, 2.24) is 4.57 Å². The second-order valence-electron chi connectivity index (χ2n) is 10.7. The quantitative estimate of drug-likeness (QED) is 0.495. The van der Waals surface area contributed by atoms with Crippen LogP contribution >= 0.6 is 11.6 Å². The Morgan fingerprint density at radius 3 is 2.36 bits per heavy atom. The largest absolute Gasteiger partial charge is 0.352 e. The Morgan fingerprint density at radius 1 is 1.07 bits per heavy atom. The standard InChI is InChI=1S/C26H36ClN/c1-25(2,3)20-14-19(15-21(16-20)26(4)11-12-26)24-22(27)17-28(5)23(24)13-18-9-7-6-8-10-18/h14-18H,6-13H2,1-5H3. The summed E-state index contributed by atoms with van der Waals surface area (Å²) < 4.78 is 2.29.